The van der Waals surface area contributed by atoms with Crippen molar-refractivity contribution in [2.75, 3.05) is 6.54 Å². The molecule has 0 saturated carbocycles. The van der Waals surface area contributed by atoms with Crippen molar-refractivity contribution in [3.63, 3.8) is 0 Å². The fourth-order valence-electron chi connectivity index (χ4n) is 1.40. The third kappa shape index (κ3) is 4.96. The Kier molecular flexibility index (Phi) is 5.20. The molecule has 1 rings (SSSR count). The van der Waals surface area contributed by atoms with Crippen LogP contribution in [0.25, 0.3) is 0 Å². The molecule has 0 aromatic heterocycles. The second-order valence-corrected chi connectivity index (χ2v) is 7.52. The molecule has 0 heterocycles. The first-order valence-corrected chi connectivity index (χ1v) is 7.91. The van der Waals surface area contributed by atoms with E-state index in [-0.39, 0.29) is 10.3 Å². The zero-order valence-corrected chi connectivity index (χ0v) is 12.6. The molecule has 0 fully saturated rings. The van der Waals surface area contributed by atoms with Gasteiger partial charge in [0.05, 0.1) is 4.90 Å². The largest absolute Gasteiger partial charge is 0.240 e. The first kappa shape index (κ1) is 15.5. The summed E-state index contributed by atoms with van der Waals surface area (Å²) in [4.78, 5) is 0.283. The lowest BCUT2D eigenvalue weighted by Gasteiger charge is -2.18. The molecule has 3 nitrogen and oxygen atoms in total. The van der Waals surface area contributed by atoms with Crippen molar-refractivity contribution in [3.8, 4) is 0 Å². The average Bonchev–Trinajstić information content (AvgIpc) is 2.27. The van der Waals surface area contributed by atoms with Crippen LogP contribution in [0.3, 0.4) is 0 Å². The predicted molar refractivity (Wildman–Crippen MR) is 75.3 cm³/mol. The molecule has 0 spiro atoms. The maximum Gasteiger partial charge on any atom is 0.240 e. The summed E-state index contributed by atoms with van der Waals surface area (Å²) in [5.41, 5.74) is 1.02. The van der Waals surface area contributed by atoms with Crippen LogP contribution in [0.2, 0.25) is 0 Å². The van der Waals surface area contributed by atoms with Crippen LogP contribution in [0.4, 0.5) is 0 Å². The van der Waals surface area contributed by atoms with E-state index in [4.69, 9.17) is 11.6 Å². The molecule has 0 aliphatic carbocycles. The molecule has 0 amide bonds. The molecule has 18 heavy (non-hydrogen) atoms. The SMILES string of the molecule is CC(C)(C)CCNS(=O)(=O)c1ccc(CCl)cc1. The summed E-state index contributed by atoms with van der Waals surface area (Å²) < 4.78 is 26.6. The van der Waals surface area contributed by atoms with E-state index in [2.05, 4.69) is 25.5 Å². The lowest BCUT2D eigenvalue weighted by molar-refractivity contribution is 0.378. The van der Waals surface area contributed by atoms with Gasteiger partial charge in [0.1, 0.15) is 0 Å². The number of sulfonamides is 1. The number of halogens is 1. The molecule has 5 heteroatoms. The van der Waals surface area contributed by atoms with E-state index in [1.807, 2.05) is 0 Å². The summed E-state index contributed by atoms with van der Waals surface area (Å²) in [5.74, 6) is 0.387. The average molecular weight is 290 g/mol. The third-order valence-electron chi connectivity index (χ3n) is 2.56. The van der Waals surface area contributed by atoms with Crippen LogP contribution >= 0.6 is 11.6 Å². The second-order valence-electron chi connectivity index (χ2n) is 5.49. The molecule has 0 saturated heterocycles. The monoisotopic (exact) mass is 289 g/mol. The molecule has 102 valence electrons. The van der Waals surface area contributed by atoms with Crippen molar-refractivity contribution in [2.24, 2.45) is 5.41 Å². The fraction of sp³-hybridized carbons (Fsp3) is 0.538. The van der Waals surface area contributed by atoms with Gasteiger partial charge in [0, 0.05) is 12.4 Å². The minimum absolute atomic E-state index is 0.116. The van der Waals surface area contributed by atoms with Gasteiger partial charge in [-0.2, -0.15) is 0 Å². The van der Waals surface area contributed by atoms with Crippen LogP contribution in [-0.2, 0) is 15.9 Å². The molecule has 0 bridgehead atoms. The van der Waals surface area contributed by atoms with Crippen LogP contribution in [0.15, 0.2) is 29.2 Å². The van der Waals surface area contributed by atoms with Crippen molar-refractivity contribution in [1.29, 1.82) is 0 Å². The number of hydrogen-bond donors (Lipinski definition) is 1. The maximum absolute atomic E-state index is 12.0. The third-order valence-corrected chi connectivity index (χ3v) is 4.34. The number of hydrogen-bond acceptors (Lipinski definition) is 2. The number of benzene rings is 1. The molecule has 1 N–H and O–H groups in total. The van der Waals surface area contributed by atoms with Gasteiger partial charge in [0.2, 0.25) is 10.0 Å². The van der Waals surface area contributed by atoms with Gasteiger partial charge >= 0.3 is 0 Å². The van der Waals surface area contributed by atoms with Gasteiger partial charge in [0.15, 0.2) is 0 Å². The Morgan fingerprint density at radius 3 is 2.17 bits per heavy atom. The van der Waals surface area contributed by atoms with Crippen molar-refractivity contribution >= 4 is 21.6 Å². The normalized spacial score (nSPS) is 12.7. The molecular formula is C13H20ClNO2S. The van der Waals surface area contributed by atoms with Gasteiger partial charge < -0.3 is 0 Å². The summed E-state index contributed by atoms with van der Waals surface area (Å²) in [6.07, 6.45) is 0.798. The predicted octanol–water partition coefficient (Wildman–Crippen LogP) is 3.14. The summed E-state index contributed by atoms with van der Waals surface area (Å²) in [7, 11) is -3.40. The van der Waals surface area contributed by atoms with Crippen LogP contribution in [0.1, 0.15) is 32.8 Å². The molecule has 0 unspecified atom stereocenters. The van der Waals surface area contributed by atoms with E-state index < -0.39 is 10.0 Å². The molecule has 0 aliphatic heterocycles. The highest BCUT2D eigenvalue weighted by molar-refractivity contribution is 7.89. The Bertz CT molecular complexity index is 475. The van der Waals surface area contributed by atoms with Crippen LogP contribution in [0.5, 0.6) is 0 Å². The van der Waals surface area contributed by atoms with Gasteiger partial charge in [-0.3, -0.25) is 0 Å². The van der Waals surface area contributed by atoms with E-state index in [9.17, 15) is 8.42 Å². The molecule has 1 aromatic rings. The van der Waals surface area contributed by atoms with Gasteiger partial charge in [-0.15, -0.1) is 11.6 Å². The van der Waals surface area contributed by atoms with E-state index in [1.165, 1.54) is 0 Å². The Labute approximate surface area is 115 Å². The Hall–Kier alpha value is -0.580. The number of nitrogens with one attached hydrogen (secondary N) is 1. The van der Waals surface area contributed by atoms with E-state index in [1.54, 1.807) is 24.3 Å². The van der Waals surface area contributed by atoms with Crippen molar-refractivity contribution < 1.29 is 8.42 Å². The van der Waals surface area contributed by atoms with E-state index in [0.29, 0.717) is 12.4 Å². The standard InChI is InChI=1S/C13H20ClNO2S/c1-13(2,3)8-9-15-18(16,17)12-6-4-11(10-14)5-7-12/h4-7,15H,8-10H2,1-3H3. The fourth-order valence-corrected chi connectivity index (χ4v) is 2.61. The molecule has 1 aromatic carbocycles. The highest BCUT2D eigenvalue weighted by atomic mass is 35.5. The molecule has 0 atom stereocenters. The van der Waals surface area contributed by atoms with Gasteiger partial charge in [-0.05, 0) is 29.5 Å². The van der Waals surface area contributed by atoms with Gasteiger partial charge in [-0.25, -0.2) is 13.1 Å². The highest BCUT2D eigenvalue weighted by Crippen LogP contribution is 2.18. The van der Waals surface area contributed by atoms with E-state index >= 15 is 0 Å². The van der Waals surface area contributed by atoms with Crippen molar-refractivity contribution in [2.45, 2.75) is 38.0 Å². The maximum atomic E-state index is 12.0. The lowest BCUT2D eigenvalue weighted by Crippen LogP contribution is -2.27. The second kappa shape index (κ2) is 6.04. The summed E-state index contributed by atoms with van der Waals surface area (Å²) in [6, 6.07) is 6.62. The van der Waals surface area contributed by atoms with E-state index in [0.717, 1.165) is 12.0 Å². The summed E-state index contributed by atoms with van der Waals surface area (Å²) >= 11 is 5.66. The van der Waals surface area contributed by atoms with Crippen molar-refractivity contribution in [1.82, 2.24) is 4.72 Å². The smallest absolute Gasteiger partial charge is 0.211 e. The zero-order valence-electron chi connectivity index (χ0n) is 11.0. The quantitative estimate of drug-likeness (QED) is 0.847. The van der Waals surface area contributed by atoms with Crippen LogP contribution in [0, 0.1) is 5.41 Å². The summed E-state index contributed by atoms with van der Waals surface area (Å²) in [6.45, 7) is 6.69. The zero-order chi connectivity index (χ0) is 13.8. The van der Waals surface area contributed by atoms with Crippen molar-refractivity contribution in [3.05, 3.63) is 29.8 Å². The topological polar surface area (TPSA) is 46.2 Å². The van der Waals surface area contributed by atoms with Crippen LogP contribution in [-0.4, -0.2) is 15.0 Å². The number of alkyl halides is 1. The molecule has 0 radical (unpaired) electrons. The Morgan fingerprint density at radius 2 is 1.72 bits per heavy atom. The Morgan fingerprint density at radius 1 is 1.17 bits per heavy atom. The number of rotatable bonds is 5. The minimum Gasteiger partial charge on any atom is -0.211 e. The summed E-state index contributed by atoms with van der Waals surface area (Å²) in [5, 5.41) is 0. The minimum atomic E-state index is -3.40. The van der Waals surface area contributed by atoms with Crippen LogP contribution < -0.4 is 4.72 Å². The lowest BCUT2D eigenvalue weighted by atomic mass is 9.93. The Balaban J connectivity index is 2.68. The first-order chi connectivity index (χ1) is 8.24. The molecule has 0 aliphatic rings. The van der Waals surface area contributed by atoms with Gasteiger partial charge in [0.25, 0.3) is 0 Å². The van der Waals surface area contributed by atoms with Gasteiger partial charge in [-0.1, -0.05) is 32.9 Å². The highest BCUT2D eigenvalue weighted by Gasteiger charge is 2.15. The molecular weight excluding hydrogens is 270 g/mol. The first-order valence-electron chi connectivity index (χ1n) is 5.89.